The minimum Gasteiger partial charge on any atom is -0.390 e. The van der Waals surface area contributed by atoms with E-state index in [9.17, 15) is 5.11 Å². The molecule has 1 saturated heterocycles. The van der Waals surface area contributed by atoms with Crippen LogP contribution in [0.5, 0.6) is 0 Å². The van der Waals surface area contributed by atoms with Gasteiger partial charge in [-0.1, -0.05) is 12.2 Å². The molecule has 3 N–H and O–H groups in total. The highest BCUT2D eigenvalue weighted by Gasteiger charge is 2.26. The molecule has 0 spiro atoms. The van der Waals surface area contributed by atoms with Crippen molar-refractivity contribution < 1.29 is 5.11 Å². The van der Waals surface area contributed by atoms with E-state index < -0.39 is 0 Å². The lowest BCUT2D eigenvalue weighted by atomic mass is 10.1. The molecule has 0 amide bonds. The van der Waals surface area contributed by atoms with Crippen molar-refractivity contribution >= 4 is 0 Å². The SMILES string of the molecule is O[C@@H]1CNC[C@H]1NC1CC=CC1. The number of aliphatic hydroxyl groups excluding tert-OH is 1. The lowest BCUT2D eigenvalue weighted by Crippen LogP contribution is -2.44. The summed E-state index contributed by atoms with van der Waals surface area (Å²) in [4.78, 5) is 0. The van der Waals surface area contributed by atoms with Crippen molar-refractivity contribution in [2.24, 2.45) is 0 Å². The molecule has 2 rings (SSSR count). The fourth-order valence-electron chi connectivity index (χ4n) is 1.89. The lowest BCUT2D eigenvalue weighted by Gasteiger charge is -2.20. The minimum absolute atomic E-state index is 0.203. The average molecular weight is 168 g/mol. The predicted molar refractivity (Wildman–Crippen MR) is 48.0 cm³/mol. The van der Waals surface area contributed by atoms with Gasteiger partial charge in [0.1, 0.15) is 0 Å². The van der Waals surface area contributed by atoms with Crippen molar-refractivity contribution in [1.29, 1.82) is 0 Å². The summed E-state index contributed by atoms with van der Waals surface area (Å²) in [5.41, 5.74) is 0. The quantitative estimate of drug-likeness (QED) is 0.493. The molecule has 1 aliphatic carbocycles. The van der Waals surface area contributed by atoms with Crippen LogP contribution in [0, 0.1) is 0 Å². The number of rotatable bonds is 2. The molecule has 68 valence electrons. The minimum atomic E-state index is -0.203. The fraction of sp³-hybridized carbons (Fsp3) is 0.778. The molecular formula is C9H16N2O. The van der Waals surface area contributed by atoms with Gasteiger partial charge >= 0.3 is 0 Å². The average Bonchev–Trinajstić information content (AvgIpc) is 2.65. The summed E-state index contributed by atoms with van der Waals surface area (Å²) in [6, 6.07) is 0.819. The molecule has 2 atom stereocenters. The Hall–Kier alpha value is -0.380. The van der Waals surface area contributed by atoms with Crippen LogP contribution in [0.3, 0.4) is 0 Å². The predicted octanol–water partition coefficient (Wildman–Crippen LogP) is -0.373. The number of nitrogens with one attached hydrogen (secondary N) is 2. The molecule has 3 heteroatoms. The van der Waals surface area contributed by atoms with Gasteiger partial charge in [0, 0.05) is 25.2 Å². The second-order valence-corrected chi connectivity index (χ2v) is 3.64. The molecule has 3 nitrogen and oxygen atoms in total. The van der Waals surface area contributed by atoms with Gasteiger partial charge in [0.25, 0.3) is 0 Å². The zero-order valence-corrected chi connectivity index (χ0v) is 7.16. The fourth-order valence-corrected chi connectivity index (χ4v) is 1.89. The van der Waals surface area contributed by atoms with Gasteiger partial charge in [0.2, 0.25) is 0 Å². The Morgan fingerprint density at radius 3 is 2.58 bits per heavy atom. The van der Waals surface area contributed by atoms with E-state index >= 15 is 0 Å². The third-order valence-electron chi connectivity index (χ3n) is 2.64. The summed E-state index contributed by atoms with van der Waals surface area (Å²) in [6.07, 6.45) is 6.43. The van der Waals surface area contributed by atoms with E-state index in [1.54, 1.807) is 0 Å². The van der Waals surface area contributed by atoms with Crippen LogP contribution in [-0.2, 0) is 0 Å². The van der Waals surface area contributed by atoms with Gasteiger partial charge in [0.15, 0.2) is 0 Å². The second kappa shape index (κ2) is 3.56. The van der Waals surface area contributed by atoms with Crippen LogP contribution in [0.4, 0.5) is 0 Å². The van der Waals surface area contributed by atoms with Crippen molar-refractivity contribution in [2.75, 3.05) is 13.1 Å². The van der Waals surface area contributed by atoms with Gasteiger partial charge < -0.3 is 15.7 Å². The van der Waals surface area contributed by atoms with Crippen molar-refractivity contribution in [1.82, 2.24) is 10.6 Å². The van der Waals surface area contributed by atoms with E-state index in [1.807, 2.05) is 0 Å². The van der Waals surface area contributed by atoms with Gasteiger partial charge in [-0.05, 0) is 12.8 Å². The van der Waals surface area contributed by atoms with Crippen LogP contribution in [0.1, 0.15) is 12.8 Å². The molecular weight excluding hydrogens is 152 g/mol. The Labute approximate surface area is 72.9 Å². The number of β-amino-alcohol motifs (C(OH)–C–C–N with tert-alkyl or cyclic N) is 1. The molecule has 1 aliphatic heterocycles. The molecule has 0 bridgehead atoms. The topological polar surface area (TPSA) is 44.3 Å². The highest BCUT2D eigenvalue weighted by Crippen LogP contribution is 2.11. The number of aliphatic hydroxyl groups is 1. The lowest BCUT2D eigenvalue weighted by molar-refractivity contribution is 0.157. The van der Waals surface area contributed by atoms with E-state index in [0.717, 1.165) is 25.9 Å². The van der Waals surface area contributed by atoms with Gasteiger partial charge in [0.05, 0.1) is 6.10 Å². The first-order valence-corrected chi connectivity index (χ1v) is 4.66. The normalized spacial score (nSPS) is 36.4. The Morgan fingerprint density at radius 1 is 1.25 bits per heavy atom. The van der Waals surface area contributed by atoms with E-state index in [-0.39, 0.29) is 12.1 Å². The van der Waals surface area contributed by atoms with Crippen molar-refractivity contribution in [3.63, 3.8) is 0 Å². The zero-order valence-electron chi connectivity index (χ0n) is 7.16. The van der Waals surface area contributed by atoms with Gasteiger partial charge in [-0.15, -0.1) is 0 Å². The van der Waals surface area contributed by atoms with E-state index in [1.165, 1.54) is 0 Å². The van der Waals surface area contributed by atoms with Crippen LogP contribution in [0.2, 0.25) is 0 Å². The summed E-state index contributed by atoms with van der Waals surface area (Å²) < 4.78 is 0. The molecule has 12 heavy (non-hydrogen) atoms. The summed E-state index contributed by atoms with van der Waals surface area (Å²) in [5.74, 6) is 0. The maximum absolute atomic E-state index is 9.50. The van der Waals surface area contributed by atoms with E-state index in [4.69, 9.17) is 0 Å². The van der Waals surface area contributed by atoms with Crippen LogP contribution in [-0.4, -0.2) is 36.4 Å². The third-order valence-corrected chi connectivity index (χ3v) is 2.64. The number of hydrogen-bond acceptors (Lipinski definition) is 3. The molecule has 0 aromatic rings. The molecule has 0 aromatic heterocycles. The molecule has 0 saturated carbocycles. The Kier molecular flexibility index (Phi) is 2.44. The highest BCUT2D eigenvalue weighted by molar-refractivity contribution is 5.00. The van der Waals surface area contributed by atoms with Crippen LogP contribution in [0.15, 0.2) is 12.2 Å². The van der Waals surface area contributed by atoms with Crippen molar-refractivity contribution in [3.8, 4) is 0 Å². The van der Waals surface area contributed by atoms with E-state index in [0.29, 0.717) is 6.04 Å². The number of hydrogen-bond donors (Lipinski definition) is 3. The third kappa shape index (κ3) is 1.68. The Balaban J connectivity index is 1.78. The first-order valence-electron chi connectivity index (χ1n) is 4.66. The molecule has 1 heterocycles. The van der Waals surface area contributed by atoms with Crippen LogP contribution >= 0.6 is 0 Å². The maximum Gasteiger partial charge on any atom is 0.0829 e. The van der Waals surface area contributed by atoms with E-state index in [2.05, 4.69) is 22.8 Å². The van der Waals surface area contributed by atoms with Crippen molar-refractivity contribution in [3.05, 3.63) is 12.2 Å². The molecule has 0 radical (unpaired) electrons. The summed E-state index contributed by atoms with van der Waals surface area (Å²) in [6.45, 7) is 1.63. The summed E-state index contributed by atoms with van der Waals surface area (Å²) >= 11 is 0. The first kappa shape index (κ1) is 8.23. The molecule has 1 fully saturated rings. The van der Waals surface area contributed by atoms with Gasteiger partial charge in [-0.3, -0.25) is 0 Å². The smallest absolute Gasteiger partial charge is 0.0829 e. The monoisotopic (exact) mass is 168 g/mol. The molecule has 0 unspecified atom stereocenters. The summed E-state index contributed by atoms with van der Waals surface area (Å²) in [7, 11) is 0. The van der Waals surface area contributed by atoms with Gasteiger partial charge in [-0.25, -0.2) is 0 Å². The van der Waals surface area contributed by atoms with Crippen molar-refractivity contribution in [2.45, 2.75) is 31.0 Å². The Morgan fingerprint density at radius 2 is 2.00 bits per heavy atom. The van der Waals surface area contributed by atoms with Crippen LogP contribution < -0.4 is 10.6 Å². The Bertz CT molecular complexity index is 173. The molecule has 2 aliphatic rings. The standard InChI is InChI=1S/C9H16N2O/c12-9-6-10-5-8(9)11-7-3-1-2-4-7/h1-2,7-12H,3-6H2/t8-,9-/m1/s1. The molecule has 0 aromatic carbocycles. The zero-order chi connectivity index (χ0) is 8.39. The second-order valence-electron chi connectivity index (χ2n) is 3.64. The maximum atomic E-state index is 9.50. The largest absolute Gasteiger partial charge is 0.390 e. The van der Waals surface area contributed by atoms with Gasteiger partial charge in [-0.2, -0.15) is 0 Å². The van der Waals surface area contributed by atoms with Crippen LogP contribution in [0.25, 0.3) is 0 Å². The summed E-state index contributed by atoms with van der Waals surface area (Å²) in [5, 5.41) is 16.1. The highest BCUT2D eigenvalue weighted by atomic mass is 16.3. The first-order chi connectivity index (χ1) is 5.86.